The van der Waals surface area contributed by atoms with E-state index in [1.807, 2.05) is 18.2 Å². The minimum absolute atomic E-state index is 0.00802. The number of fused-ring (bicyclic) bond motifs is 3. The third-order valence-electron chi connectivity index (χ3n) is 9.02. The molecule has 0 unspecified atom stereocenters. The summed E-state index contributed by atoms with van der Waals surface area (Å²) in [5.74, 6) is -0.560. The Hall–Kier alpha value is -2.38. The van der Waals surface area contributed by atoms with Gasteiger partial charge in [0.1, 0.15) is 5.75 Å². The van der Waals surface area contributed by atoms with Crippen LogP contribution in [-0.4, -0.2) is 46.1 Å². The second kappa shape index (κ2) is 11.2. The van der Waals surface area contributed by atoms with Gasteiger partial charge in [0.15, 0.2) is 0 Å². The number of para-hydroxylation sites is 1. The Morgan fingerprint density at radius 2 is 1.86 bits per heavy atom. The van der Waals surface area contributed by atoms with Crippen molar-refractivity contribution in [1.82, 2.24) is 4.90 Å². The van der Waals surface area contributed by atoms with Crippen LogP contribution in [0.2, 0.25) is 6.32 Å². The van der Waals surface area contributed by atoms with Crippen LogP contribution >= 0.6 is 0 Å². The molecular formula is C30H40BNO5. The Kier molecular flexibility index (Phi) is 7.92. The van der Waals surface area contributed by atoms with E-state index in [4.69, 9.17) is 4.65 Å². The molecular weight excluding hydrogens is 465 g/mol. The van der Waals surface area contributed by atoms with Crippen LogP contribution in [0.15, 0.2) is 41.0 Å². The maximum absolute atomic E-state index is 13.7. The minimum Gasteiger partial charge on any atom is -0.507 e. The van der Waals surface area contributed by atoms with Gasteiger partial charge in [-0.25, -0.2) is 0 Å². The first-order chi connectivity index (χ1) is 17.9. The van der Waals surface area contributed by atoms with Gasteiger partial charge in [-0.3, -0.25) is 14.5 Å². The van der Waals surface area contributed by atoms with Gasteiger partial charge < -0.3 is 14.8 Å². The zero-order valence-corrected chi connectivity index (χ0v) is 22.2. The molecule has 2 N–H and O–H groups in total. The first-order valence-corrected chi connectivity index (χ1v) is 14.3. The molecule has 2 aliphatic heterocycles. The van der Waals surface area contributed by atoms with E-state index in [1.165, 1.54) is 12.0 Å². The maximum atomic E-state index is 13.7. The number of rotatable bonds is 7. The highest BCUT2D eigenvalue weighted by atomic mass is 16.5. The number of benzene rings is 1. The number of imide groups is 1. The monoisotopic (exact) mass is 505 g/mol. The molecule has 4 aliphatic rings. The Bertz CT molecular complexity index is 1090. The number of phenolic OH excluding ortho intramolecular Hbond substituents is 1. The van der Waals surface area contributed by atoms with Gasteiger partial charge in [0.05, 0.1) is 17.9 Å². The van der Waals surface area contributed by atoms with Crippen LogP contribution in [0.3, 0.4) is 0 Å². The summed E-state index contributed by atoms with van der Waals surface area (Å²) in [7, 11) is -0.936. The number of phenols is 1. The summed E-state index contributed by atoms with van der Waals surface area (Å²) < 4.78 is 6.09. The van der Waals surface area contributed by atoms with E-state index in [0.717, 1.165) is 61.7 Å². The summed E-state index contributed by atoms with van der Waals surface area (Å²) in [5.41, 5.74) is 4.32. The van der Waals surface area contributed by atoms with Gasteiger partial charge in [-0.15, -0.1) is 0 Å². The lowest BCUT2D eigenvalue weighted by atomic mass is 9.58. The van der Waals surface area contributed by atoms with Crippen molar-refractivity contribution in [3.05, 3.63) is 46.5 Å². The van der Waals surface area contributed by atoms with Crippen molar-refractivity contribution in [3.8, 4) is 5.75 Å². The summed E-state index contributed by atoms with van der Waals surface area (Å²) in [4.78, 5) is 28.8. The van der Waals surface area contributed by atoms with Crippen LogP contribution in [0, 0.1) is 17.8 Å². The molecule has 7 heteroatoms. The molecule has 1 aromatic rings. The highest BCUT2D eigenvalue weighted by molar-refractivity contribution is 6.43. The highest BCUT2D eigenvalue weighted by Crippen LogP contribution is 2.51. The molecule has 0 radical (unpaired) electrons. The normalized spacial score (nSPS) is 29.1. The van der Waals surface area contributed by atoms with Gasteiger partial charge in [0, 0.05) is 11.6 Å². The zero-order chi connectivity index (χ0) is 26.1. The van der Waals surface area contributed by atoms with Crippen molar-refractivity contribution in [3.63, 3.8) is 0 Å². The molecule has 1 saturated carbocycles. The molecule has 2 aliphatic carbocycles. The molecule has 6 nitrogen and oxygen atoms in total. The number of carbonyl (C=O) groups excluding carboxylic acids is 2. The van der Waals surface area contributed by atoms with Crippen molar-refractivity contribution in [2.24, 2.45) is 17.8 Å². The molecule has 2 saturated heterocycles. The average molecular weight is 505 g/mol. The number of hydrogen-bond acceptors (Lipinski definition) is 5. The Morgan fingerprint density at radius 3 is 2.59 bits per heavy atom. The lowest BCUT2D eigenvalue weighted by Crippen LogP contribution is -2.46. The zero-order valence-electron chi connectivity index (χ0n) is 22.2. The second-order valence-electron chi connectivity index (χ2n) is 11.5. The topological polar surface area (TPSA) is 87.1 Å². The van der Waals surface area contributed by atoms with E-state index in [2.05, 4.69) is 19.9 Å². The summed E-state index contributed by atoms with van der Waals surface area (Å²) in [6, 6.07) is 7.39. The van der Waals surface area contributed by atoms with E-state index in [0.29, 0.717) is 19.2 Å². The van der Waals surface area contributed by atoms with Gasteiger partial charge in [-0.2, -0.15) is 0 Å². The van der Waals surface area contributed by atoms with Gasteiger partial charge >= 0.3 is 7.12 Å². The van der Waals surface area contributed by atoms with Crippen LogP contribution in [0.1, 0.15) is 83.6 Å². The Labute approximate surface area is 220 Å². The highest BCUT2D eigenvalue weighted by Gasteiger charge is 2.57. The van der Waals surface area contributed by atoms with Gasteiger partial charge in [0.2, 0.25) is 11.8 Å². The fraction of sp³-hybridized carbons (Fsp3) is 0.600. The first kappa shape index (κ1) is 26.2. The number of aromatic hydroxyl groups is 1. The van der Waals surface area contributed by atoms with Crippen LogP contribution < -0.4 is 0 Å². The summed E-state index contributed by atoms with van der Waals surface area (Å²) >= 11 is 0. The maximum Gasteiger partial charge on any atom is 0.455 e. The smallest absolute Gasteiger partial charge is 0.455 e. The standard InChI is InChI=1S/C30H40BNO5/c1-3-9-20(17-21-10-7-8-13-25(21)33)14-15-26-27-19(2)16-23-28(24(27)18-31(36)37-26)30(35)32(29(23)34)22-11-5-4-6-12-22/h7-8,10,13,17,22-24,26,28,33,36H,3-6,9,11-12,14-16,18H2,1-2H3/b20-17+/t23-,24+,26-,28-/m1/s1. The fourth-order valence-corrected chi connectivity index (χ4v) is 7.38. The van der Waals surface area contributed by atoms with Crippen LogP contribution in [0.25, 0.3) is 6.08 Å². The van der Waals surface area contributed by atoms with E-state index < -0.39 is 7.12 Å². The molecule has 3 fully saturated rings. The van der Waals surface area contributed by atoms with Gasteiger partial charge in [0.25, 0.3) is 0 Å². The number of carbonyl (C=O) groups is 2. The predicted octanol–water partition coefficient (Wildman–Crippen LogP) is 5.51. The fourth-order valence-electron chi connectivity index (χ4n) is 7.38. The van der Waals surface area contributed by atoms with E-state index >= 15 is 0 Å². The number of nitrogens with zero attached hydrogens (tertiary/aromatic N) is 1. The van der Waals surface area contributed by atoms with Crippen molar-refractivity contribution in [2.45, 2.75) is 96.5 Å². The second-order valence-corrected chi connectivity index (χ2v) is 11.5. The third-order valence-corrected chi connectivity index (χ3v) is 9.02. The van der Waals surface area contributed by atoms with Crippen molar-refractivity contribution in [1.29, 1.82) is 0 Å². The Morgan fingerprint density at radius 1 is 1.11 bits per heavy atom. The lowest BCUT2D eigenvalue weighted by Gasteiger charge is -2.42. The van der Waals surface area contributed by atoms with Crippen molar-refractivity contribution >= 4 is 25.0 Å². The van der Waals surface area contributed by atoms with Crippen LogP contribution in [0.4, 0.5) is 0 Å². The van der Waals surface area contributed by atoms with E-state index in [-0.39, 0.29) is 47.5 Å². The average Bonchev–Trinajstić information content (AvgIpc) is 3.13. The van der Waals surface area contributed by atoms with E-state index in [9.17, 15) is 19.7 Å². The Balaban J connectivity index is 1.37. The first-order valence-electron chi connectivity index (χ1n) is 14.3. The molecule has 0 bridgehead atoms. The SMILES string of the molecule is CCC/C(=C\c1ccccc1O)CC[C@H]1OB(O)C[C@H]2C1=C(C)C[C@H]1C(=O)N(C3CCCCC3)C(=O)[C@H]12. The lowest BCUT2D eigenvalue weighted by molar-refractivity contribution is -0.143. The third kappa shape index (κ3) is 5.17. The molecule has 5 rings (SSSR count). The molecule has 2 amide bonds. The predicted molar refractivity (Wildman–Crippen MR) is 144 cm³/mol. The minimum atomic E-state index is -0.936. The van der Waals surface area contributed by atoms with Gasteiger partial charge in [-0.05, 0) is 69.3 Å². The molecule has 1 aromatic carbocycles. The molecule has 198 valence electrons. The van der Waals surface area contributed by atoms with E-state index in [1.54, 1.807) is 11.0 Å². The largest absolute Gasteiger partial charge is 0.507 e. The summed E-state index contributed by atoms with van der Waals surface area (Å²) in [6.45, 7) is 4.22. The molecule has 4 atom stereocenters. The molecule has 0 aromatic heterocycles. The number of allylic oxidation sites excluding steroid dienone is 2. The molecule has 2 heterocycles. The molecule has 37 heavy (non-hydrogen) atoms. The van der Waals surface area contributed by atoms with Crippen LogP contribution in [-0.2, 0) is 14.2 Å². The quantitative estimate of drug-likeness (QED) is 0.290. The van der Waals surface area contributed by atoms with Crippen LogP contribution in [0.5, 0.6) is 5.75 Å². The summed E-state index contributed by atoms with van der Waals surface area (Å²) in [6.07, 6.45) is 11.3. The van der Waals surface area contributed by atoms with Crippen molar-refractivity contribution in [2.75, 3.05) is 0 Å². The molecule has 0 spiro atoms. The van der Waals surface area contributed by atoms with Gasteiger partial charge in [-0.1, -0.05) is 68.0 Å². The number of hydrogen-bond donors (Lipinski definition) is 2. The number of amides is 2. The summed E-state index contributed by atoms with van der Waals surface area (Å²) in [5, 5.41) is 21.0. The number of likely N-dealkylation sites (tertiary alicyclic amines) is 1. The van der Waals surface area contributed by atoms with Crippen molar-refractivity contribution < 1.29 is 24.4 Å².